The van der Waals surface area contributed by atoms with Gasteiger partial charge in [-0.15, -0.1) is 0 Å². The summed E-state index contributed by atoms with van der Waals surface area (Å²) in [5.41, 5.74) is 11.9. The predicted molar refractivity (Wildman–Crippen MR) is 428 cm³/mol. The number of carboxylic acids is 5. The smallest absolute Gasteiger partial charge is 0.317 e. The molecule has 9 atom stereocenters. The molecule has 0 aliphatic carbocycles. The molecule has 3 fully saturated rings. The van der Waals surface area contributed by atoms with Crippen LogP contribution in [0.3, 0.4) is 0 Å². The summed E-state index contributed by atoms with van der Waals surface area (Å²) in [6.45, 7) is -3.24. The maximum Gasteiger partial charge on any atom is 0.317 e. The van der Waals surface area contributed by atoms with Crippen LogP contribution in [0.4, 0.5) is 0 Å². The summed E-state index contributed by atoms with van der Waals surface area (Å²) in [6, 6.07) is 2.82. The van der Waals surface area contributed by atoms with Gasteiger partial charge in [0, 0.05) is 97.8 Å². The van der Waals surface area contributed by atoms with Crippen LogP contribution in [-0.4, -0.2) is 336 Å². The number of aliphatic carboxylic acids is 5. The van der Waals surface area contributed by atoms with E-state index >= 15 is 0 Å². The topological polar surface area (TPSA) is 702 Å². The van der Waals surface area contributed by atoms with Gasteiger partial charge in [0.25, 0.3) is 0 Å². The van der Waals surface area contributed by atoms with E-state index in [2.05, 4.69) is 79.8 Å². The van der Waals surface area contributed by atoms with Crippen LogP contribution >= 0.6 is 0 Å². The summed E-state index contributed by atoms with van der Waals surface area (Å²) in [5, 5.41) is 102. The van der Waals surface area contributed by atoms with Crippen LogP contribution < -0.4 is 91.2 Å². The monoisotopic (exact) mass is 1700 g/mol. The second-order valence-electron chi connectivity index (χ2n) is 29.2. The molecule has 0 radical (unpaired) electrons. The molecule has 121 heavy (non-hydrogen) atoms. The lowest BCUT2D eigenvalue weighted by Gasteiger charge is -2.33. The molecule has 9 unspecified atom stereocenters. The molecule has 2 aromatic rings. The average molecular weight is 1700 g/mol. The third-order valence-electron chi connectivity index (χ3n) is 19.4. The first-order valence-electron chi connectivity index (χ1n) is 39.6. The molecule has 3 saturated heterocycles. The zero-order chi connectivity index (χ0) is 88.9. The molecule has 26 N–H and O–H groups in total. The minimum Gasteiger partial charge on any atom is -0.481 e. The van der Waals surface area contributed by atoms with Gasteiger partial charge >= 0.3 is 29.8 Å². The zero-order valence-electron chi connectivity index (χ0n) is 67.0. The lowest BCUT2D eigenvalue weighted by atomic mass is 10.0. The van der Waals surface area contributed by atoms with Crippen LogP contribution in [0.5, 0.6) is 0 Å². The van der Waals surface area contributed by atoms with Crippen LogP contribution in [0.25, 0.3) is 0 Å². The first-order chi connectivity index (χ1) is 57.6. The fraction of sp³-hybridized carbons (Fsp3) is 0.573. The summed E-state index contributed by atoms with van der Waals surface area (Å²) in [4.78, 5) is 248. The summed E-state index contributed by atoms with van der Waals surface area (Å²) < 4.78 is 0. The molecular formula is C75H113N23O23. The number of carboxylic acid groups (broad SMARTS) is 5. The Kier molecular flexibility index (Phi) is 43.3. The van der Waals surface area contributed by atoms with Crippen LogP contribution in [0.15, 0.2) is 60.7 Å². The highest BCUT2D eigenvalue weighted by atomic mass is 16.4. The quantitative estimate of drug-likeness (QED) is 0.0168. The highest BCUT2D eigenvalue weighted by Gasteiger charge is 2.37. The van der Waals surface area contributed by atoms with Gasteiger partial charge in [-0.25, -0.2) is 0 Å². The van der Waals surface area contributed by atoms with Crippen molar-refractivity contribution >= 4 is 119 Å². The minimum atomic E-state index is -1.76. The van der Waals surface area contributed by atoms with Crippen molar-refractivity contribution in [1.29, 1.82) is 10.8 Å². The molecule has 0 aromatic heterocycles. The molecule has 3 heterocycles. The molecule has 0 saturated carbocycles. The summed E-state index contributed by atoms with van der Waals surface area (Å²) in [5.74, 6) is -19.2. The molecule has 3 aliphatic rings. The molecule has 13 amide bonds. The highest BCUT2D eigenvalue weighted by molar-refractivity contribution is 6.00. The molecule has 3 aliphatic heterocycles. The molecule has 46 nitrogen and oxygen atoms in total. The Bertz CT molecular complexity index is 3890. The standard InChI is InChI=1S/C75H113N23O23/c76-74(77)82-25-11-19-47-66(114)84-39-57(100)87-54(37-60(103)104)72(120)93-52(35-45-13-3-1-4-14-45)70(118)91-49(68(116)89-47)17-7-9-23-80-56(99)22-21-51(86-59(102)41-95-27-29-96(42-62(107)108)31-33-98(44-64(111)112)34-32-97(30-28-95)43-63(109)110)65(113)81-24-10-8-18-50-69(117)90-48(20-12-26-83-75(78)79)67(115)85-40-58(101)88-55(38-61(105)106)73(121)94-53(71(119)92-50)36-46-15-5-2-6-16-46/h1-6,13-16,47-55H,7-12,17-44H2,(H,80,99)(H,81,113)(H,84,114)(H,85,115)(H,86,102)(H,87,100)(H,88,101)(H,89,116)(H,90,117)(H,91,118)(H,92,119)(H,93,120)(H,94,121)(H,103,104)(H,105,106)(H,107,108)(H,109,110)(H,111,112)(H4,76,77,82)(H4,78,79,83). The van der Waals surface area contributed by atoms with Gasteiger partial charge in [0.05, 0.1) is 52.1 Å². The lowest BCUT2D eigenvalue weighted by molar-refractivity contribution is -0.141. The Labute approximate surface area is 696 Å². The van der Waals surface area contributed by atoms with Crippen molar-refractivity contribution in [3.8, 4) is 0 Å². The summed E-state index contributed by atoms with van der Waals surface area (Å²) >= 11 is 0. The second kappa shape index (κ2) is 52.9. The zero-order valence-corrected chi connectivity index (χ0v) is 67.0. The number of guanidine groups is 2. The minimum absolute atomic E-state index is 0.00100. The number of hydrogen-bond donors (Lipinski definition) is 24. The van der Waals surface area contributed by atoms with Crippen LogP contribution in [-0.2, 0) is 99.1 Å². The van der Waals surface area contributed by atoms with E-state index in [-0.39, 0.29) is 168 Å². The third-order valence-corrected chi connectivity index (χ3v) is 19.4. The van der Waals surface area contributed by atoms with Gasteiger partial charge < -0.3 is 117 Å². The van der Waals surface area contributed by atoms with Crippen molar-refractivity contribution in [1.82, 2.24) is 99.4 Å². The second-order valence-corrected chi connectivity index (χ2v) is 29.2. The van der Waals surface area contributed by atoms with Crippen LogP contribution in [0.1, 0.15) is 101 Å². The predicted octanol–water partition coefficient (Wildman–Crippen LogP) is -8.60. The number of nitrogens with two attached hydrogens (primary N) is 2. The number of rotatable bonds is 39. The van der Waals surface area contributed by atoms with Crippen LogP contribution in [0.2, 0.25) is 0 Å². The fourth-order valence-corrected chi connectivity index (χ4v) is 13.1. The molecule has 0 bridgehead atoms. The Morgan fingerprint density at radius 3 is 1.04 bits per heavy atom. The number of carbonyl (C=O) groups excluding carboxylic acids is 13. The molecule has 666 valence electrons. The van der Waals surface area contributed by atoms with E-state index in [9.17, 15) is 112 Å². The third kappa shape index (κ3) is 40.1. The largest absolute Gasteiger partial charge is 0.481 e. The number of benzene rings is 2. The van der Waals surface area contributed by atoms with Gasteiger partial charge in [-0.3, -0.25) is 117 Å². The first kappa shape index (κ1) is 98.9. The van der Waals surface area contributed by atoms with Gasteiger partial charge in [0.1, 0.15) is 54.4 Å². The van der Waals surface area contributed by atoms with Crippen molar-refractivity contribution in [3.63, 3.8) is 0 Å². The van der Waals surface area contributed by atoms with Crippen LogP contribution in [0, 0.1) is 10.8 Å². The van der Waals surface area contributed by atoms with Crippen molar-refractivity contribution < 1.29 is 112 Å². The Morgan fingerprint density at radius 2 is 0.686 bits per heavy atom. The maximum absolute atomic E-state index is 14.5. The Hall–Kier alpha value is -12.7. The summed E-state index contributed by atoms with van der Waals surface area (Å²) in [7, 11) is 0. The van der Waals surface area contributed by atoms with Crippen molar-refractivity contribution in [2.75, 3.05) is 118 Å². The fourth-order valence-electron chi connectivity index (χ4n) is 13.1. The van der Waals surface area contributed by atoms with Gasteiger partial charge in [-0.1, -0.05) is 60.7 Å². The molecule has 2 aromatic carbocycles. The number of carbonyl (C=O) groups is 18. The molecule has 5 rings (SSSR count). The summed E-state index contributed by atoms with van der Waals surface area (Å²) in [6.07, 6.45) is -3.25. The lowest BCUT2D eigenvalue weighted by Crippen LogP contribution is -2.58. The molecular weight excluding hydrogens is 1590 g/mol. The average Bonchev–Trinajstić information content (AvgIpc) is 1.85. The van der Waals surface area contributed by atoms with Gasteiger partial charge in [0.15, 0.2) is 11.9 Å². The van der Waals surface area contributed by atoms with Gasteiger partial charge in [-0.05, 0) is 81.8 Å². The SMILES string of the molecule is N=C(N)NCCCC1NC(=O)C(CCCCNC(=O)CCC(NC(=O)CN2CCN(CC(=O)O)CCN(CC(=O)O)CCN(CC(=O)O)CC2)C(=O)NCCCCC2NC(=O)C(Cc3ccccc3)NC(=O)C(CC(=O)O)NC(=O)CNC(=O)C(CCCNC(=N)N)NC2=O)NC(=O)C(Cc2ccccc2)NC(=O)C(CC(=O)O)NC(=O)CNC1=O. The van der Waals surface area contributed by atoms with Crippen molar-refractivity contribution in [3.05, 3.63) is 71.8 Å². The van der Waals surface area contributed by atoms with E-state index in [4.69, 9.17) is 22.3 Å². The highest BCUT2D eigenvalue weighted by Crippen LogP contribution is 2.14. The Balaban J connectivity index is 1.41. The molecule has 46 heteroatoms. The van der Waals surface area contributed by atoms with E-state index in [1.54, 1.807) is 70.5 Å². The molecule has 0 spiro atoms. The Morgan fingerprint density at radius 1 is 0.372 bits per heavy atom. The van der Waals surface area contributed by atoms with E-state index < -0.39 is 226 Å². The number of nitrogens with one attached hydrogen (secondary N) is 17. The van der Waals surface area contributed by atoms with E-state index in [0.717, 1.165) is 0 Å². The number of nitrogens with zero attached hydrogens (tertiary/aromatic N) is 4. The van der Waals surface area contributed by atoms with Gasteiger partial charge in [-0.2, -0.15) is 0 Å². The van der Waals surface area contributed by atoms with Crippen molar-refractivity contribution in [2.45, 2.75) is 157 Å². The number of hydrogen-bond acceptors (Lipinski definition) is 24. The van der Waals surface area contributed by atoms with E-state index in [1.165, 1.54) is 9.80 Å². The number of amides is 13. The normalized spacial score (nSPS) is 21.3. The first-order valence-corrected chi connectivity index (χ1v) is 39.6. The van der Waals surface area contributed by atoms with E-state index in [0.29, 0.717) is 11.1 Å². The van der Waals surface area contributed by atoms with Gasteiger partial charge in [0.2, 0.25) is 76.8 Å². The number of unbranched alkanes of at least 4 members (excludes halogenated alkanes) is 2. The van der Waals surface area contributed by atoms with Crippen molar-refractivity contribution in [2.24, 2.45) is 11.5 Å². The van der Waals surface area contributed by atoms with E-state index in [1.807, 2.05) is 0 Å². The maximum atomic E-state index is 14.5.